The van der Waals surface area contributed by atoms with Crippen LogP contribution in [0.4, 0.5) is 18.9 Å². The Morgan fingerprint density at radius 1 is 1.18 bits per heavy atom. The number of carbonyl (C=O) groups is 1. The number of nitrogens with one attached hydrogen (secondary N) is 3. The van der Waals surface area contributed by atoms with E-state index in [1.165, 1.54) is 12.1 Å². The van der Waals surface area contributed by atoms with Gasteiger partial charge >= 0.3 is 6.18 Å². The van der Waals surface area contributed by atoms with E-state index in [-0.39, 0.29) is 30.5 Å². The second-order valence-corrected chi connectivity index (χ2v) is 9.98. The average molecular weight is 552 g/mol. The molecule has 0 aliphatic carbocycles. The quantitative estimate of drug-likeness (QED) is 0.388. The van der Waals surface area contributed by atoms with Crippen LogP contribution in [0, 0.1) is 5.92 Å². The molecule has 2 aromatic carbocycles. The van der Waals surface area contributed by atoms with Gasteiger partial charge in [0.15, 0.2) is 0 Å². The van der Waals surface area contributed by atoms with Crippen molar-refractivity contribution in [3.8, 4) is 5.75 Å². The number of rotatable bonds is 7. The molecule has 0 saturated carbocycles. The Balaban J connectivity index is 1.71. The van der Waals surface area contributed by atoms with Crippen LogP contribution in [0.1, 0.15) is 61.0 Å². The van der Waals surface area contributed by atoms with Gasteiger partial charge in [-0.05, 0) is 80.5 Å². The molecule has 0 radical (unpaired) electrons. The summed E-state index contributed by atoms with van der Waals surface area (Å²) in [5.41, 5.74) is 0.568. The number of amides is 1. The molecular formula is C29H40F3N3O4. The van der Waals surface area contributed by atoms with Gasteiger partial charge in [0, 0.05) is 44.1 Å². The zero-order chi connectivity index (χ0) is 28.3. The molecule has 2 aromatic rings. The van der Waals surface area contributed by atoms with E-state index >= 15 is 0 Å². The summed E-state index contributed by atoms with van der Waals surface area (Å²) in [7, 11) is 0. The first kappa shape index (κ1) is 30.7. The molecule has 1 heterocycles. The zero-order valence-corrected chi connectivity index (χ0v) is 22.7. The summed E-state index contributed by atoms with van der Waals surface area (Å²) in [6.07, 6.45) is -2.41. The highest BCUT2D eigenvalue weighted by molar-refractivity contribution is 5.95. The molecule has 4 N–H and O–H groups in total. The van der Waals surface area contributed by atoms with E-state index in [0.29, 0.717) is 37.6 Å². The Kier molecular flexibility index (Phi) is 11.9. The lowest BCUT2D eigenvalue weighted by molar-refractivity contribution is -0.138. The highest BCUT2D eigenvalue weighted by atomic mass is 19.4. The Morgan fingerprint density at radius 2 is 2.00 bits per heavy atom. The number of anilines is 1. The van der Waals surface area contributed by atoms with Crippen molar-refractivity contribution in [3.05, 3.63) is 59.2 Å². The molecular weight excluding hydrogens is 511 g/mol. The molecule has 3 rings (SSSR count). The maximum Gasteiger partial charge on any atom is 0.416 e. The molecule has 216 valence electrons. The molecule has 39 heavy (non-hydrogen) atoms. The second kappa shape index (κ2) is 15.1. The first-order valence-corrected chi connectivity index (χ1v) is 13.6. The van der Waals surface area contributed by atoms with Gasteiger partial charge < -0.3 is 30.5 Å². The number of hydrogen-bond donors (Lipinski definition) is 4. The normalized spacial score (nSPS) is 20.5. The summed E-state index contributed by atoms with van der Waals surface area (Å²) < 4.78 is 51.8. The molecule has 3 atom stereocenters. The highest BCUT2D eigenvalue weighted by Crippen LogP contribution is 2.34. The van der Waals surface area contributed by atoms with Crippen LogP contribution < -0.4 is 20.7 Å². The molecule has 0 unspecified atom stereocenters. The Morgan fingerprint density at radius 3 is 2.77 bits per heavy atom. The van der Waals surface area contributed by atoms with Crippen molar-refractivity contribution in [1.82, 2.24) is 10.6 Å². The molecule has 0 saturated heterocycles. The van der Waals surface area contributed by atoms with Gasteiger partial charge in [-0.1, -0.05) is 13.0 Å². The fourth-order valence-corrected chi connectivity index (χ4v) is 4.58. The van der Waals surface area contributed by atoms with Gasteiger partial charge in [0.2, 0.25) is 0 Å². The van der Waals surface area contributed by atoms with Crippen LogP contribution >= 0.6 is 0 Å². The first-order valence-electron chi connectivity index (χ1n) is 13.6. The van der Waals surface area contributed by atoms with Gasteiger partial charge in [-0.2, -0.15) is 13.2 Å². The van der Waals surface area contributed by atoms with Crippen molar-refractivity contribution < 1.29 is 32.5 Å². The molecule has 0 aromatic heterocycles. The van der Waals surface area contributed by atoms with Gasteiger partial charge in [-0.15, -0.1) is 0 Å². The third kappa shape index (κ3) is 10.0. The Labute approximate surface area is 228 Å². The number of benzene rings is 2. The molecule has 1 amide bonds. The van der Waals surface area contributed by atoms with Crippen LogP contribution in [0.25, 0.3) is 0 Å². The third-order valence-corrected chi connectivity index (χ3v) is 6.72. The molecule has 0 fully saturated rings. The monoisotopic (exact) mass is 551 g/mol. The van der Waals surface area contributed by atoms with E-state index in [1.807, 2.05) is 13.0 Å². The summed E-state index contributed by atoms with van der Waals surface area (Å²) in [5.74, 6) is 0.174. The zero-order valence-electron chi connectivity index (χ0n) is 22.7. The topological polar surface area (TPSA) is 91.8 Å². The number of alkyl halides is 3. The van der Waals surface area contributed by atoms with Crippen molar-refractivity contribution in [2.24, 2.45) is 5.92 Å². The molecule has 10 heteroatoms. The van der Waals surface area contributed by atoms with Crippen LogP contribution in [-0.4, -0.2) is 56.1 Å². The summed E-state index contributed by atoms with van der Waals surface area (Å²) in [6.45, 7) is 6.02. The van der Waals surface area contributed by atoms with Crippen LogP contribution in [0.15, 0.2) is 42.5 Å². The van der Waals surface area contributed by atoms with E-state index in [1.54, 1.807) is 25.1 Å². The summed E-state index contributed by atoms with van der Waals surface area (Å²) in [5, 5.41) is 20.3. The standard InChI is InChI=1S/C29H40F3N3O4/c1-3-39-24-9-10-25(29(30,31)32)22(17-24)18-33-19-27(36)26-15-20(2)11-14-38-13-5-4-12-34-23-8-6-7-21(16-23)28(37)35-26/h6-10,16-17,20,26-27,33-34,36H,3-5,11-15,18-19H2,1-2H3,(H,35,37)/t20-,26+,27-/m1/s1. The maximum atomic E-state index is 13.6. The van der Waals surface area contributed by atoms with Crippen molar-refractivity contribution >= 4 is 11.6 Å². The predicted octanol–water partition coefficient (Wildman–Crippen LogP) is 4.99. The second-order valence-electron chi connectivity index (χ2n) is 9.98. The number of aliphatic hydroxyl groups is 1. The molecule has 7 nitrogen and oxygen atoms in total. The minimum Gasteiger partial charge on any atom is -0.494 e. The lowest BCUT2D eigenvalue weighted by atomic mass is 9.94. The third-order valence-electron chi connectivity index (χ3n) is 6.72. The highest BCUT2D eigenvalue weighted by Gasteiger charge is 2.33. The van der Waals surface area contributed by atoms with Crippen molar-refractivity contribution in [2.45, 2.75) is 64.4 Å². The van der Waals surface area contributed by atoms with Crippen LogP contribution in [0.3, 0.4) is 0 Å². The minimum atomic E-state index is -4.52. The van der Waals surface area contributed by atoms with Gasteiger partial charge in [-0.3, -0.25) is 4.79 Å². The number of carbonyl (C=O) groups excluding carboxylic acids is 1. The van der Waals surface area contributed by atoms with Gasteiger partial charge in [0.25, 0.3) is 5.91 Å². The molecule has 2 bridgehead atoms. The number of halogens is 3. The first-order chi connectivity index (χ1) is 18.7. The Hall–Kier alpha value is -2.82. The SMILES string of the molecule is CCOc1ccc(C(F)(F)F)c(CNC[C@@H](O)[C@@H]2C[C@H](C)CCOCCCCNc3cccc(c3)C(=O)N2)c1. The van der Waals surface area contributed by atoms with Crippen LogP contribution in [0.2, 0.25) is 0 Å². The fraction of sp³-hybridized carbons (Fsp3) is 0.552. The maximum absolute atomic E-state index is 13.6. The van der Waals surface area contributed by atoms with Gasteiger partial charge in [0.05, 0.1) is 24.3 Å². The average Bonchev–Trinajstić information content (AvgIpc) is 2.89. The predicted molar refractivity (Wildman–Crippen MR) is 145 cm³/mol. The molecule has 1 aliphatic rings. The number of fused-ring (bicyclic) bond motifs is 2. The summed E-state index contributed by atoms with van der Waals surface area (Å²) in [4.78, 5) is 13.1. The van der Waals surface area contributed by atoms with E-state index in [9.17, 15) is 23.1 Å². The van der Waals surface area contributed by atoms with Gasteiger partial charge in [0.1, 0.15) is 5.75 Å². The summed E-state index contributed by atoms with van der Waals surface area (Å²) in [6, 6.07) is 10.2. The van der Waals surface area contributed by atoms with E-state index in [0.717, 1.165) is 37.6 Å². The van der Waals surface area contributed by atoms with Gasteiger partial charge in [-0.25, -0.2) is 0 Å². The van der Waals surface area contributed by atoms with E-state index in [2.05, 4.69) is 16.0 Å². The van der Waals surface area contributed by atoms with Crippen molar-refractivity contribution in [2.75, 3.05) is 38.2 Å². The van der Waals surface area contributed by atoms with Crippen LogP contribution in [-0.2, 0) is 17.5 Å². The lowest BCUT2D eigenvalue weighted by Gasteiger charge is -2.27. The largest absolute Gasteiger partial charge is 0.494 e. The van der Waals surface area contributed by atoms with E-state index in [4.69, 9.17) is 9.47 Å². The Bertz CT molecular complexity index is 1050. The summed E-state index contributed by atoms with van der Waals surface area (Å²) >= 11 is 0. The minimum absolute atomic E-state index is 0.00801. The van der Waals surface area contributed by atoms with Crippen molar-refractivity contribution in [3.63, 3.8) is 0 Å². The fourth-order valence-electron chi connectivity index (χ4n) is 4.58. The van der Waals surface area contributed by atoms with Crippen LogP contribution in [0.5, 0.6) is 5.75 Å². The number of hydrogen-bond acceptors (Lipinski definition) is 6. The molecule has 0 spiro atoms. The molecule has 1 aliphatic heterocycles. The van der Waals surface area contributed by atoms with E-state index < -0.39 is 23.9 Å². The lowest BCUT2D eigenvalue weighted by Crippen LogP contribution is -2.48. The van der Waals surface area contributed by atoms with Crippen molar-refractivity contribution in [1.29, 1.82) is 0 Å². The smallest absolute Gasteiger partial charge is 0.416 e. The number of aliphatic hydroxyl groups excluding tert-OH is 1. The number of ether oxygens (including phenoxy) is 2.